The van der Waals surface area contributed by atoms with Gasteiger partial charge in [-0.25, -0.2) is 0 Å². The molecule has 2 N–H and O–H groups in total. The third-order valence-electron chi connectivity index (χ3n) is 4.37. The molecule has 2 rings (SSSR count). The first kappa shape index (κ1) is 17.4. The van der Waals surface area contributed by atoms with Crippen molar-refractivity contribution in [2.75, 3.05) is 46.4 Å². The first-order valence-corrected chi connectivity index (χ1v) is 8.58. The molecule has 0 aromatic heterocycles. The molecular formula is C18H31N3O. The summed E-state index contributed by atoms with van der Waals surface area (Å²) in [6.07, 6.45) is 3.16. The minimum Gasteiger partial charge on any atom is -0.396 e. The number of nitrogens with zero attached hydrogens (tertiary/aromatic N) is 2. The van der Waals surface area contributed by atoms with Gasteiger partial charge in [0.1, 0.15) is 0 Å². The Bertz CT molecular complexity index is 399. The number of nitrogens with one attached hydrogen (secondary N) is 1. The summed E-state index contributed by atoms with van der Waals surface area (Å²) in [7, 11) is 2.20. The molecule has 0 spiro atoms. The quantitative estimate of drug-likeness (QED) is 0.681. The molecule has 124 valence electrons. The lowest BCUT2D eigenvalue weighted by atomic mass is 10.1. The van der Waals surface area contributed by atoms with Crippen LogP contribution < -0.4 is 5.32 Å². The summed E-state index contributed by atoms with van der Waals surface area (Å²) in [6.45, 7) is 8.06. The molecule has 0 amide bonds. The van der Waals surface area contributed by atoms with Crippen molar-refractivity contribution in [3.8, 4) is 0 Å². The number of benzene rings is 1. The molecule has 4 heteroatoms. The SMILES string of the molecule is CN1CCN(Cc2ccc(CNCCCCCO)cc2)CC1. The second kappa shape index (κ2) is 9.95. The molecule has 0 unspecified atom stereocenters. The highest BCUT2D eigenvalue weighted by molar-refractivity contribution is 5.22. The Morgan fingerprint density at radius 1 is 0.955 bits per heavy atom. The third kappa shape index (κ3) is 6.44. The molecule has 1 aromatic rings. The lowest BCUT2D eigenvalue weighted by molar-refractivity contribution is 0.148. The van der Waals surface area contributed by atoms with Crippen molar-refractivity contribution < 1.29 is 5.11 Å². The van der Waals surface area contributed by atoms with Gasteiger partial charge in [-0.1, -0.05) is 24.3 Å². The second-order valence-electron chi connectivity index (χ2n) is 6.36. The molecule has 0 aliphatic carbocycles. The average molecular weight is 305 g/mol. The van der Waals surface area contributed by atoms with Crippen LogP contribution in [-0.4, -0.2) is 61.3 Å². The van der Waals surface area contributed by atoms with Crippen molar-refractivity contribution in [1.29, 1.82) is 0 Å². The summed E-state index contributed by atoms with van der Waals surface area (Å²) >= 11 is 0. The molecule has 1 heterocycles. The van der Waals surface area contributed by atoms with E-state index in [1.165, 1.54) is 37.3 Å². The molecule has 1 aliphatic rings. The molecule has 1 fully saturated rings. The molecule has 1 aromatic carbocycles. The monoisotopic (exact) mass is 305 g/mol. The summed E-state index contributed by atoms with van der Waals surface area (Å²) in [6, 6.07) is 9.01. The van der Waals surface area contributed by atoms with Crippen molar-refractivity contribution in [2.24, 2.45) is 0 Å². The van der Waals surface area contributed by atoms with E-state index in [9.17, 15) is 0 Å². The molecular weight excluding hydrogens is 274 g/mol. The summed E-state index contributed by atoms with van der Waals surface area (Å²) in [4.78, 5) is 4.93. The van der Waals surface area contributed by atoms with E-state index in [4.69, 9.17) is 5.11 Å². The minimum atomic E-state index is 0.314. The standard InChI is InChI=1S/C18H31N3O/c1-20-10-12-21(13-11-20)16-18-7-5-17(6-8-18)15-19-9-3-2-4-14-22/h5-8,19,22H,2-4,9-16H2,1H3. The summed E-state index contributed by atoms with van der Waals surface area (Å²) < 4.78 is 0. The van der Waals surface area contributed by atoms with Gasteiger partial charge >= 0.3 is 0 Å². The second-order valence-corrected chi connectivity index (χ2v) is 6.36. The maximum absolute atomic E-state index is 8.73. The Morgan fingerprint density at radius 3 is 2.32 bits per heavy atom. The topological polar surface area (TPSA) is 38.7 Å². The van der Waals surface area contributed by atoms with Crippen LogP contribution in [0.1, 0.15) is 30.4 Å². The largest absolute Gasteiger partial charge is 0.396 e. The van der Waals surface area contributed by atoms with Crippen LogP contribution >= 0.6 is 0 Å². The molecule has 4 nitrogen and oxygen atoms in total. The van der Waals surface area contributed by atoms with E-state index in [0.29, 0.717) is 6.61 Å². The Hall–Kier alpha value is -0.940. The predicted octanol–water partition coefficient (Wildman–Crippen LogP) is 1.69. The Labute approximate surface area is 135 Å². The van der Waals surface area contributed by atoms with Gasteiger partial charge in [0.25, 0.3) is 0 Å². The highest BCUT2D eigenvalue weighted by atomic mass is 16.2. The number of unbranched alkanes of at least 4 members (excludes halogenated alkanes) is 2. The number of hydrogen-bond acceptors (Lipinski definition) is 4. The van der Waals surface area contributed by atoms with E-state index in [-0.39, 0.29) is 0 Å². The number of rotatable bonds is 9. The van der Waals surface area contributed by atoms with Crippen LogP contribution in [0, 0.1) is 0 Å². The van der Waals surface area contributed by atoms with Crippen LogP contribution in [0.5, 0.6) is 0 Å². The number of likely N-dealkylation sites (N-methyl/N-ethyl adjacent to an activating group) is 1. The van der Waals surface area contributed by atoms with E-state index in [0.717, 1.165) is 38.9 Å². The zero-order chi connectivity index (χ0) is 15.6. The molecule has 1 saturated heterocycles. The van der Waals surface area contributed by atoms with Crippen LogP contribution in [-0.2, 0) is 13.1 Å². The summed E-state index contributed by atoms with van der Waals surface area (Å²) in [5.74, 6) is 0. The van der Waals surface area contributed by atoms with E-state index >= 15 is 0 Å². The lowest BCUT2D eigenvalue weighted by Gasteiger charge is -2.32. The first-order chi connectivity index (χ1) is 10.8. The van der Waals surface area contributed by atoms with Crippen LogP contribution in [0.15, 0.2) is 24.3 Å². The van der Waals surface area contributed by atoms with Gasteiger partial charge in [0.15, 0.2) is 0 Å². The minimum absolute atomic E-state index is 0.314. The van der Waals surface area contributed by atoms with Gasteiger partial charge in [0.2, 0.25) is 0 Å². The zero-order valence-electron chi connectivity index (χ0n) is 13.9. The van der Waals surface area contributed by atoms with Crippen molar-refractivity contribution in [1.82, 2.24) is 15.1 Å². The van der Waals surface area contributed by atoms with E-state index in [1.807, 2.05) is 0 Å². The highest BCUT2D eigenvalue weighted by Crippen LogP contribution is 2.09. The molecule has 0 radical (unpaired) electrons. The highest BCUT2D eigenvalue weighted by Gasteiger charge is 2.13. The lowest BCUT2D eigenvalue weighted by Crippen LogP contribution is -2.43. The fraction of sp³-hybridized carbons (Fsp3) is 0.667. The van der Waals surface area contributed by atoms with Gasteiger partial charge in [0, 0.05) is 45.9 Å². The number of aliphatic hydroxyl groups is 1. The molecule has 0 saturated carbocycles. The van der Waals surface area contributed by atoms with Crippen LogP contribution in [0.2, 0.25) is 0 Å². The first-order valence-electron chi connectivity index (χ1n) is 8.58. The van der Waals surface area contributed by atoms with Crippen LogP contribution in [0.4, 0.5) is 0 Å². The number of aliphatic hydroxyl groups excluding tert-OH is 1. The van der Waals surface area contributed by atoms with Gasteiger partial charge in [-0.05, 0) is 44.0 Å². The van der Waals surface area contributed by atoms with E-state index in [1.54, 1.807) is 0 Å². The smallest absolute Gasteiger partial charge is 0.0431 e. The van der Waals surface area contributed by atoms with Crippen molar-refractivity contribution in [3.63, 3.8) is 0 Å². The average Bonchev–Trinajstić information content (AvgIpc) is 2.54. The Morgan fingerprint density at radius 2 is 1.64 bits per heavy atom. The molecule has 0 bridgehead atoms. The van der Waals surface area contributed by atoms with Crippen molar-refractivity contribution >= 4 is 0 Å². The van der Waals surface area contributed by atoms with Gasteiger partial charge in [0.05, 0.1) is 0 Å². The number of piperazine rings is 1. The molecule has 0 atom stereocenters. The van der Waals surface area contributed by atoms with E-state index in [2.05, 4.69) is 46.4 Å². The summed E-state index contributed by atoms with van der Waals surface area (Å²) in [5.41, 5.74) is 2.76. The van der Waals surface area contributed by atoms with Gasteiger partial charge in [-0.2, -0.15) is 0 Å². The summed E-state index contributed by atoms with van der Waals surface area (Å²) in [5, 5.41) is 12.2. The molecule has 22 heavy (non-hydrogen) atoms. The van der Waals surface area contributed by atoms with E-state index < -0.39 is 0 Å². The predicted molar refractivity (Wildman–Crippen MR) is 91.9 cm³/mol. The van der Waals surface area contributed by atoms with Gasteiger partial charge in [-0.3, -0.25) is 4.90 Å². The maximum Gasteiger partial charge on any atom is 0.0431 e. The van der Waals surface area contributed by atoms with Crippen molar-refractivity contribution in [3.05, 3.63) is 35.4 Å². The zero-order valence-corrected chi connectivity index (χ0v) is 13.9. The fourth-order valence-corrected chi connectivity index (χ4v) is 2.80. The Kier molecular flexibility index (Phi) is 7.88. The molecule has 1 aliphatic heterocycles. The van der Waals surface area contributed by atoms with Gasteiger partial charge in [-0.15, -0.1) is 0 Å². The van der Waals surface area contributed by atoms with Gasteiger partial charge < -0.3 is 15.3 Å². The van der Waals surface area contributed by atoms with Crippen molar-refractivity contribution in [2.45, 2.75) is 32.4 Å². The fourth-order valence-electron chi connectivity index (χ4n) is 2.80. The third-order valence-corrected chi connectivity index (χ3v) is 4.37. The number of hydrogen-bond donors (Lipinski definition) is 2. The Balaban J connectivity index is 1.64. The maximum atomic E-state index is 8.73. The van der Waals surface area contributed by atoms with Crippen LogP contribution in [0.3, 0.4) is 0 Å². The van der Waals surface area contributed by atoms with Crippen LogP contribution in [0.25, 0.3) is 0 Å². The normalized spacial score (nSPS) is 17.0.